The van der Waals surface area contributed by atoms with E-state index in [1.165, 1.54) is 6.20 Å². The molecule has 0 amide bonds. The molecule has 1 aromatic rings. The van der Waals surface area contributed by atoms with Crippen LogP contribution >= 0.6 is 34.2 Å². The molecule has 1 heterocycles. The summed E-state index contributed by atoms with van der Waals surface area (Å²) in [6.45, 7) is 1.54. The van der Waals surface area contributed by atoms with Crippen LogP contribution in [-0.4, -0.2) is 4.98 Å². The second-order valence-corrected chi connectivity index (χ2v) is 3.71. The highest BCUT2D eigenvalue weighted by Crippen LogP contribution is 2.30. The van der Waals surface area contributed by atoms with Crippen LogP contribution < -0.4 is 0 Å². The van der Waals surface area contributed by atoms with Crippen molar-refractivity contribution in [3.63, 3.8) is 0 Å². The fourth-order valence-electron chi connectivity index (χ4n) is 0.821. The molecule has 5 heteroatoms. The Morgan fingerprint density at radius 2 is 2.17 bits per heavy atom. The predicted molar refractivity (Wildman–Crippen MR) is 51.7 cm³/mol. The Morgan fingerprint density at radius 3 is 2.58 bits per heavy atom. The van der Waals surface area contributed by atoms with Gasteiger partial charge in [-0.15, -0.1) is 0 Å². The van der Waals surface area contributed by atoms with Gasteiger partial charge in [-0.25, -0.2) is 8.78 Å². The lowest BCUT2D eigenvalue weighted by atomic mass is 10.2. The van der Waals surface area contributed by atoms with E-state index in [2.05, 4.69) is 4.98 Å². The number of rotatable bonds is 1. The minimum Gasteiger partial charge on any atom is -0.259 e. The summed E-state index contributed by atoms with van der Waals surface area (Å²) in [6, 6.07) is 0. The first kappa shape index (κ1) is 10.1. The van der Waals surface area contributed by atoms with E-state index in [0.29, 0.717) is 9.26 Å². The number of halogens is 4. The topological polar surface area (TPSA) is 12.9 Å². The van der Waals surface area contributed by atoms with Gasteiger partial charge in [-0.3, -0.25) is 4.98 Å². The molecule has 12 heavy (non-hydrogen) atoms. The third-order valence-electron chi connectivity index (χ3n) is 1.43. The zero-order valence-electron chi connectivity index (χ0n) is 6.11. The quantitative estimate of drug-likeness (QED) is 0.723. The van der Waals surface area contributed by atoms with Gasteiger partial charge in [-0.2, -0.15) is 0 Å². The van der Waals surface area contributed by atoms with Crippen molar-refractivity contribution in [2.75, 3.05) is 0 Å². The fraction of sp³-hybridized carbons (Fsp3) is 0.286. The first-order valence-corrected chi connectivity index (χ1v) is 4.58. The van der Waals surface area contributed by atoms with E-state index < -0.39 is 6.43 Å². The van der Waals surface area contributed by atoms with E-state index in [0.717, 1.165) is 0 Å². The number of aryl methyl sites for hydroxylation is 1. The lowest BCUT2D eigenvalue weighted by Crippen LogP contribution is -1.97. The van der Waals surface area contributed by atoms with Crippen molar-refractivity contribution in [2.24, 2.45) is 0 Å². The summed E-state index contributed by atoms with van der Waals surface area (Å²) in [5, 5.41) is 0.275. The van der Waals surface area contributed by atoms with Crippen LogP contribution in [0.2, 0.25) is 5.02 Å². The molecule has 0 fully saturated rings. The summed E-state index contributed by atoms with van der Waals surface area (Å²) in [5.41, 5.74) is 0.266. The highest BCUT2D eigenvalue weighted by atomic mass is 127. The molecule has 0 atom stereocenters. The van der Waals surface area contributed by atoms with Crippen molar-refractivity contribution in [1.82, 2.24) is 4.98 Å². The molecule has 0 saturated carbocycles. The number of hydrogen-bond acceptors (Lipinski definition) is 1. The van der Waals surface area contributed by atoms with Crippen LogP contribution in [0.4, 0.5) is 8.78 Å². The van der Waals surface area contributed by atoms with Gasteiger partial charge in [-0.1, -0.05) is 11.6 Å². The van der Waals surface area contributed by atoms with E-state index in [1.807, 2.05) is 0 Å². The van der Waals surface area contributed by atoms with Crippen molar-refractivity contribution in [3.05, 3.63) is 26.0 Å². The van der Waals surface area contributed by atoms with Gasteiger partial charge in [0.2, 0.25) is 0 Å². The maximum absolute atomic E-state index is 12.4. The first-order chi connectivity index (χ1) is 5.54. The number of nitrogens with zero attached hydrogens (tertiary/aromatic N) is 1. The van der Waals surface area contributed by atoms with Crippen molar-refractivity contribution in [3.8, 4) is 0 Å². The van der Waals surface area contributed by atoms with Crippen LogP contribution in [0.1, 0.15) is 17.7 Å². The molecule has 1 rings (SSSR count). The van der Waals surface area contributed by atoms with Crippen LogP contribution in [0.3, 0.4) is 0 Å². The number of alkyl halides is 2. The zero-order chi connectivity index (χ0) is 9.30. The minimum absolute atomic E-state index is 0.0666. The minimum atomic E-state index is -2.51. The summed E-state index contributed by atoms with van der Waals surface area (Å²) < 4.78 is 25.1. The van der Waals surface area contributed by atoms with Crippen LogP contribution in [0.25, 0.3) is 0 Å². The Labute approximate surface area is 87.3 Å². The summed E-state index contributed by atoms with van der Waals surface area (Å²) in [7, 11) is 0. The number of aromatic nitrogens is 1. The molecular formula is C7H5ClF2IN. The molecule has 0 saturated heterocycles. The van der Waals surface area contributed by atoms with Gasteiger partial charge in [0.1, 0.15) is 0 Å². The average molecular weight is 303 g/mol. The Bertz CT molecular complexity index is 304. The monoisotopic (exact) mass is 303 g/mol. The number of hydrogen-bond donors (Lipinski definition) is 0. The number of pyridine rings is 1. The molecule has 1 nitrogen and oxygen atoms in total. The Balaban J connectivity index is 3.33. The summed E-state index contributed by atoms with van der Waals surface area (Å²) in [6.07, 6.45) is -1.13. The van der Waals surface area contributed by atoms with E-state index >= 15 is 0 Å². The molecule has 66 valence electrons. The van der Waals surface area contributed by atoms with Crippen LogP contribution in [0, 0.1) is 10.5 Å². The molecule has 0 spiro atoms. The van der Waals surface area contributed by atoms with Gasteiger partial charge in [0.25, 0.3) is 6.43 Å². The first-order valence-electron chi connectivity index (χ1n) is 3.12. The SMILES string of the molecule is Cc1ncc(Cl)c(I)c1C(F)F. The second kappa shape index (κ2) is 3.83. The third kappa shape index (κ3) is 1.85. The molecule has 0 aromatic carbocycles. The summed E-state index contributed by atoms with van der Waals surface area (Å²) >= 11 is 7.42. The smallest absolute Gasteiger partial charge is 0.259 e. The molecule has 0 N–H and O–H groups in total. The molecule has 1 aromatic heterocycles. The van der Waals surface area contributed by atoms with Gasteiger partial charge in [0, 0.05) is 15.5 Å². The van der Waals surface area contributed by atoms with Crippen LogP contribution in [0.15, 0.2) is 6.20 Å². The Kier molecular flexibility index (Phi) is 3.22. The van der Waals surface area contributed by atoms with E-state index in [4.69, 9.17) is 11.6 Å². The Hall–Kier alpha value is 0.0300. The van der Waals surface area contributed by atoms with E-state index in [-0.39, 0.29) is 10.6 Å². The second-order valence-electron chi connectivity index (χ2n) is 2.22. The van der Waals surface area contributed by atoms with Gasteiger partial charge >= 0.3 is 0 Å². The highest BCUT2D eigenvalue weighted by molar-refractivity contribution is 14.1. The molecule has 0 bridgehead atoms. The van der Waals surface area contributed by atoms with E-state index in [9.17, 15) is 8.78 Å². The molecule has 0 unspecified atom stereocenters. The zero-order valence-corrected chi connectivity index (χ0v) is 9.03. The van der Waals surface area contributed by atoms with Gasteiger partial charge in [-0.05, 0) is 29.5 Å². The molecule has 0 radical (unpaired) electrons. The van der Waals surface area contributed by atoms with Crippen molar-refractivity contribution in [2.45, 2.75) is 13.3 Å². The van der Waals surface area contributed by atoms with E-state index in [1.54, 1.807) is 29.5 Å². The molecule has 0 aliphatic heterocycles. The molecule has 0 aliphatic carbocycles. The average Bonchev–Trinajstić information content (AvgIpc) is 1.97. The maximum atomic E-state index is 12.4. The lowest BCUT2D eigenvalue weighted by molar-refractivity contribution is 0.149. The lowest BCUT2D eigenvalue weighted by Gasteiger charge is -2.07. The maximum Gasteiger partial charge on any atom is 0.266 e. The third-order valence-corrected chi connectivity index (χ3v) is 3.19. The van der Waals surface area contributed by atoms with Crippen molar-refractivity contribution < 1.29 is 8.78 Å². The molecular weight excluding hydrogens is 298 g/mol. The van der Waals surface area contributed by atoms with Crippen molar-refractivity contribution in [1.29, 1.82) is 0 Å². The van der Waals surface area contributed by atoms with Crippen LogP contribution in [-0.2, 0) is 0 Å². The van der Waals surface area contributed by atoms with Crippen molar-refractivity contribution >= 4 is 34.2 Å². The van der Waals surface area contributed by atoms with Crippen LogP contribution in [0.5, 0.6) is 0 Å². The largest absolute Gasteiger partial charge is 0.266 e. The Morgan fingerprint density at radius 1 is 1.58 bits per heavy atom. The van der Waals surface area contributed by atoms with Gasteiger partial charge in [0.15, 0.2) is 0 Å². The standard InChI is InChI=1S/C7H5ClF2IN/c1-3-5(7(9)10)6(11)4(8)2-12-3/h2,7H,1H3. The van der Waals surface area contributed by atoms with Gasteiger partial charge < -0.3 is 0 Å². The highest BCUT2D eigenvalue weighted by Gasteiger charge is 2.17. The summed E-state index contributed by atoms with van der Waals surface area (Å²) in [4.78, 5) is 3.74. The predicted octanol–water partition coefficient (Wildman–Crippen LogP) is 3.59. The fourth-order valence-corrected chi connectivity index (χ4v) is 1.74. The van der Waals surface area contributed by atoms with Gasteiger partial charge in [0.05, 0.1) is 10.6 Å². The normalized spacial score (nSPS) is 10.8. The molecule has 0 aliphatic rings. The summed E-state index contributed by atoms with van der Waals surface area (Å²) in [5.74, 6) is 0.